The average molecular weight is 754 g/mol. The smallest absolute Gasteiger partial charge is 0.0787 e. The molecule has 0 amide bonds. The van der Waals surface area contributed by atoms with Crippen molar-refractivity contribution in [3.63, 3.8) is 0 Å². The molecular formula is C58H43N. The minimum Gasteiger partial charge on any atom is -0.256 e. The van der Waals surface area contributed by atoms with Crippen molar-refractivity contribution >= 4 is 64.6 Å². The Kier molecular flexibility index (Phi) is 7.16. The monoisotopic (exact) mass is 753 g/mol. The SMILES string of the molecule is C=C/C=C\C1c2c(C)ccc3c2c(cc2c4ccc(C)cc4c(-c4ccc(-c5cc6c7ccc(C)c8c7c(cc6c6ccc(C)cc56)-c5ncccc5-8)cc4)cc32)C1C. The molecule has 2 atom stereocenters. The lowest BCUT2D eigenvalue weighted by atomic mass is 9.86. The third-order valence-corrected chi connectivity index (χ3v) is 13.9. The highest BCUT2D eigenvalue weighted by atomic mass is 14.7. The van der Waals surface area contributed by atoms with Crippen LogP contribution in [0.2, 0.25) is 0 Å². The molecule has 59 heavy (non-hydrogen) atoms. The molecule has 0 bridgehead atoms. The molecule has 10 aromatic rings. The van der Waals surface area contributed by atoms with E-state index in [1.807, 2.05) is 12.3 Å². The number of hydrogen-bond donors (Lipinski definition) is 0. The second-order valence-electron chi connectivity index (χ2n) is 17.3. The fourth-order valence-electron chi connectivity index (χ4n) is 11.1. The lowest BCUT2D eigenvalue weighted by Crippen LogP contribution is -1.99. The molecule has 0 saturated carbocycles. The Balaban J connectivity index is 1.08. The van der Waals surface area contributed by atoms with E-state index >= 15 is 0 Å². The molecule has 1 heteroatoms. The van der Waals surface area contributed by atoms with Gasteiger partial charge in [-0.3, -0.25) is 4.98 Å². The molecule has 12 rings (SSSR count). The van der Waals surface area contributed by atoms with Gasteiger partial charge in [0.25, 0.3) is 0 Å². The van der Waals surface area contributed by atoms with Crippen molar-refractivity contribution in [1.29, 1.82) is 0 Å². The van der Waals surface area contributed by atoms with Gasteiger partial charge in [-0.15, -0.1) is 0 Å². The van der Waals surface area contributed by atoms with E-state index in [2.05, 4.69) is 175 Å². The van der Waals surface area contributed by atoms with Crippen LogP contribution >= 0.6 is 0 Å². The van der Waals surface area contributed by atoms with Crippen molar-refractivity contribution < 1.29 is 0 Å². The molecule has 0 N–H and O–H groups in total. The number of benzene rings is 9. The maximum atomic E-state index is 4.92. The van der Waals surface area contributed by atoms with Crippen LogP contribution in [0.15, 0.2) is 152 Å². The van der Waals surface area contributed by atoms with Crippen molar-refractivity contribution in [2.45, 2.75) is 46.5 Å². The van der Waals surface area contributed by atoms with Crippen LogP contribution in [-0.4, -0.2) is 4.98 Å². The fraction of sp³-hybridized carbons (Fsp3) is 0.121. The number of rotatable bonds is 4. The summed E-state index contributed by atoms with van der Waals surface area (Å²) in [6.45, 7) is 15.3. The summed E-state index contributed by atoms with van der Waals surface area (Å²) >= 11 is 0. The molecule has 9 aromatic carbocycles. The average Bonchev–Trinajstić information content (AvgIpc) is 3.74. The number of nitrogens with zero attached hydrogens (tertiary/aromatic N) is 1. The van der Waals surface area contributed by atoms with Crippen LogP contribution in [0, 0.1) is 27.7 Å². The van der Waals surface area contributed by atoms with Gasteiger partial charge >= 0.3 is 0 Å². The first-order valence-corrected chi connectivity index (χ1v) is 21.0. The highest BCUT2D eigenvalue weighted by Crippen LogP contribution is 2.53. The van der Waals surface area contributed by atoms with Crippen LogP contribution in [0.4, 0.5) is 0 Å². The van der Waals surface area contributed by atoms with Crippen molar-refractivity contribution in [2.75, 3.05) is 0 Å². The van der Waals surface area contributed by atoms with E-state index in [-0.39, 0.29) is 0 Å². The Hall–Kier alpha value is -6.83. The first kappa shape index (κ1) is 34.2. The van der Waals surface area contributed by atoms with Crippen LogP contribution < -0.4 is 0 Å². The Morgan fingerprint density at radius 1 is 0.508 bits per heavy atom. The number of aromatic nitrogens is 1. The number of pyridine rings is 1. The standard InChI is InChI=1S/C58H43N/c1-7-8-10-38-35(6)44-27-49-39-20-12-31(2)25-47(39)45(28-51(49)41-22-14-33(4)54(38)56(41)44)36-16-18-37(19-17-36)46-29-52-42-23-15-34(5)55-43-11-9-24-59-58(43)53(57(42)55)30-50(52)40-21-13-32(3)26-48(40)46/h7-30,35,38H,1H2,2-6H3/b10-8-. The second kappa shape index (κ2) is 12.3. The molecule has 1 nitrogen and oxygen atoms in total. The van der Waals surface area contributed by atoms with Crippen molar-refractivity contribution in [3.05, 3.63) is 186 Å². The van der Waals surface area contributed by atoms with Crippen LogP contribution in [0.5, 0.6) is 0 Å². The third-order valence-electron chi connectivity index (χ3n) is 13.9. The van der Waals surface area contributed by atoms with Gasteiger partial charge in [-0.2, -0.15) is 0 Å². The van der Waals surface area contributed by atoms with Gasteiger partial charge in [-0.1, -0.05) is 134 Å². The molecule has 0 radical (unpaired) electrons. The van der Waals surface area contributed by atoms with Crippen LogP contribution in [0.3, 0.4) is 0 Å². The summed E-state index contributed by atoms with van der Waals surface area (Å²) in [5.41, 5.74) is 18.0. The second-order valence-corrected chi connectivity index (χ2v) is 17.3. The van der Waals surface area contributed by atoms with E-state index in [4.69, 9.17) is 4.98 Å². The Bertz CT molecular complexity index is 3560. The highest BCUT2D eigenvalue weighted by Gasteiger charge is 2.32. The van der Waals surface area contributed by atoms with E-state index in [0.717, 1.165) is 5.69 Å². The lowest BCUT2D eigenvalue weighted by molar-refractivity contribution is 0.708. The summed E-state index contributed by atoms with van der Waals surface area (Å²) in [6.07, 6.45) is 8.31. The first-order chi connectivity index (χ1) is 28.8. The van der Waals surface area contributed by atoms with E-state index in [1.54, 1.807) is 0 Å². The molecule has 2 aliphatic rings. The molecule has 1 heterocycles. The summed E-state index contributed by atoms with van der Waals surface area (Å²) in [6, 6.07) is 46.9. The Morgan fingerprint density at radius 2 is 1.07 bits per heavy atom. The number of fused-ring (bicyclic) bond motifs is 11. The highest BCUT2D eigenvalue weighted by molar-refractivity contribution is 6.29. The Morgan fingerprint density at radius 3 is 1.71 bits per heavy atom. The van der Waals surface area contributed by atoms with Gasteiger partial charge in [-0.05, 0) is 179 Å². The van der Waals surface area contributed by atoms with E-state index < -0.39 is 0 Å². The van der Waals surface area contributed by atoms with Crippen LogP contribution in [-0.2, 0) is 0 Å². The minimum atomic E-state index is 0.339. The lowest BCUT2D eigenvalue weighted by Gasteiger charge is -2.17. The van der Waals surface area contributed by atoms with Crippen molar-refractivity contribution in [2.24, 2.45) is 0 Å². The van der Waals surface area contributed by atoms with Crippen LogP contribution in [0.25, 0.3) is 109 Å². The zero-order valence-corrected chi connectivity index (χ0v) is 34.2. The fourth-order valence-corrected chi connectivity index (χ4v) is 11.1. The zero-order chi connectivity index (χ0) is 39.8. The molecular weight excluding hydrogens is 711 g/mol. The quantitative estimate of drug-likeness (QED) is 0.129. The molecule has 0 fully saturated rings. The van der Waals surface area contributed by atoms with Crippen LogP contribution in [0.1, 0.15) is 52.1 Å². The van der Waals surface area contributed by atoms with E-state index in [9.17, 15) is 0 Å². The maximum Gasteiger partial charge on any atom is 0.0787 e. The summed E-state index contributed by atoms with van der Waals surface area (Å²) in [4.78, 5) is 4.92. The van der Waals surface area contributed by atoms with E-state index in [1.165, 1.54) is 137 Å². The predicted octanol–water partition coefficient (Wildman–Crippen LogP) is 16.2. The van der Waals surface area contributed by atoms with Crippen molar-refractivity contribution in [1.82, 2.24) is 4.98 Å². The number of aryl methyl sites for hydroxylation is 4. The van der Waals surface area contributed by atoms with Crippen molar-refractivity contribution in [3.8, 4) is 44.6 Å². The minimum absolute atomic E-state index is 0.339. The van der Waals surface area contributed by atoms with E-state index in [0.29, 0.717) is 11.8 Å². The van der Waals surface area contributed by atoms with Gasteiger partial charge < -0.3 is 0 Å². The summed E-state index contributed by atoms with van der Waals surface area (Å²) in [5.74, 6) is 0.731. The van der Waals surface area contributed by atoms with Gasteiger partial charge in [0.05, 0.1) is 5.69 Å². The first-order valence-electron chi connectivity index (χ1n) is 21.0. The van der Waals surface area contributed by atoms with Gasteiger partial charge in [-0.25, -0.2) is 0 Å². The summed E-state index contributed by atoms with van der Waals surface area (Å²) < 4.78 is 0. The predicted molar refractivity (Wildman–Crippen MR) is 254 cm³/mol. The normalized spacial score (nSPS) is 15.5. The number of allylic oxidation sites excluding steroid dienone is 3. The van der Waals surface area contributed by atoms with Gasteiger partial charge in [0.2, 0.25) is 0 Å². The Labute approximate surface area is 345 Å². The van der Waals surface area contributed by atoms with Gasteiger partial charge in [0.1, 0.15) is 0 Å². The molecule has 0 aliphatic heterocycles. The molecule has 2 unspecified atom stereocenters. The molecule has 2 aliphatic carbocycles. The van der Waals surface area contributed by atoms with Gasteiger partial charge in [0, 0.05) is 23.2 Å². The van der Waals surface area contributed by atoms with Gasteiger partial charge in [0.15, 0.2) is 0 Å². The maximum absolute atomic E-state index is 4.92. The molecule has 280 valence electrons. The molecule has 0 spiro atoms. The molecule has 0 saturated heterocycles. The third kappa shape index (κ3) is 4.70. The number of hydrogen-bond acceptors (Lipinski definition) is 1. The largest absolute Gasteiger partial charge is 0.256 e. The topological polar surface area (TPSA) is 12.9 Å². The zero-order valence-electron chi connectivity index (χ0n) is 34.2. The molecule has 1 aromatic heterocycles. The summed E-state index contributed by atoms with van der Waals surface area (Å²) in [5, 5.41) is 15.8. The summed E-state index contributed by atoms with van der Waals surface area (Å²) in [7, 11) is 0.